The second-order valence-electron chi connectivity index (χ2n) is 9.65. The van der Waals surface area contributed by atoms with E-state index in [2.05, 4.69) is 6.92 Å². The number of likely N-dealkylation sites (N-methyl/N-ethyl adjacent to an activating group) is 1. The molecule has 3 aromatic carbocycles. The Balaban J connectivity index is 1.69. The van der Waals surface area contributed by atoms with Gasteiger partial charge in [-0.15, -0.1) is 0 Å². The molecule has 1 aliphatic rings. The number of Topliss-reactive ketones (excluding diaryl/α,β-unsaturated/α-hetero) is 1. The van der Waals surface area contributed by atoms with Gasteiger partial charge in [-0.3, -0.25) is 9.59 Å². The predicted octanol–water partition coefficient (Wildman–Crippen LogP) is 5.12. The third kappa shape index (κ3) is 5.75. The van der Waals surface area contributed by atoms with E-state index in [1.807, 2.05) is 80.5 Å². The highest BCUT2D eigenvalue weighted by Crippen LogP contribution is 2.39. The number of carbonyl (C=O) groups is 2. The van der Waals surface area contributed by atoms with E-state index in [1.165, 1.54) is 0 Å². The van der Waals surface area contributed by atoms with Crippen LogP contribution in [0.4, 0.5) is 0 Å². The minimum absolute atomic E-state index is 0.116. The van der Waals surface area contributed by atoms with Crippen molar-refractivity contribution in [1.82, 2.24) is 9.80 Å². The van der Waals surface area contributed by atoms with E-state index in [-0.39, 0.29) is 11.3 Å². The normalized spacial score (nSPS) is 17.0. The molecule has 0 aromatic heterocycles. The molecule has 1 heterocycles. The maximum Gasteiger partial charge on any atom is 0.295 e. The van der Waals surface area contributed by atoms with Crippen molar-refractivity contribution >= 4 is 17.4 Å². The number of ether oxygens (including phenoxy) is 1. The summed E-state index contributed by atoms with van der Waals surface area (Å²) in [4.78, 5) is 29.9. The van der Waals surface area contributed by atoms with Crippen molar-refractivity contribution in [3.05, 3.63) is 106 Å². The Hall–Kier alpha value is -3.90. The molecular weight excluding hydrogens is 464 g/mol. The average Bonchev–Trinajstić information content (AvgIpc) is 3.16. The first-order valence-corrected chi connectivity index (χ1v) is 12.6. The molecule has 6 heteroatoms. The Labute approximate surface area is 218 Å². The number of benzene rings is 3. The first kappa shape index (κ1) is 26.2. The second kappa shape index (κ2) is 11.4. The van der Waals surface area contributed by atoms with Gasteiger partial charge in [-0.1, -0.05) is 61.5 Å². The van der Waals surface area contributed by atoms with Crippen molar-refractivity contribution in [2.75, 3.05) is 27.2 Å². The van der Waals surface area contributed by atoms with E-state index in [9.17, 15) is 14.7 Å². The van der Waals surface area contributed by atoms with Crippen molar-refractivity contribution < 1.29 is 19.4 Å². The molecule has 4 rings (SSSR count). The zero-order valence-electron chi connectivity index (χ0n) is 21.9. The Bertz CT molecular complexity index is 1300. The topological polar surface area (TPSA) is 70.1 Å². The van der Waals surface area contributed by atoms with Gasteiger partial charge in [0.05, 0.1) is 11.6 Å². The number of hydrogen-bond donors (Lipinski definition) is 1. The summed E-state index contributed by atoms with van der Waals surface area (Å²) in [5.74, 6) is -0.734. The highest BCUT2D eigenvalue weighted by atomic mass is 16.5. The summed E-state index contributed by atoms with van der Waals surface area (Å²) in [6, 6.07) is 22.4. The van der Waals surface area contributed by atoms with E-state index >= 15 is 0 Å². The summed E-state index contributed by atoms with van der Waals surface area (Å²) in [7, 11) is 3.84. The van der Waals surface area contributed by atoms with Crippen LogP contribution in [-0.4, -0.2) is 53.8 Å². The molecule has 1 N–H and O–H groups in total. The summed E-state index contributed by atoms with van der Waals surface area (Å²) in [6.07, 6.45) is 0.888. The predicted molar refractivity (Wildman–Crippen MR) is 145 cm³/mol. The smallest absolute Gasteiger partial charge is 0.295 e. The van der Waals surface area contributed by atoms with Crippen LogP contribution in [-0.2, 0) is 22.6 Å². The number of likely N-dealkylation sites (tertiary alicyclic amines) is 1. The number of nitrogens with zero attached hydrogens (tertiary/aromatic N) is 2. The van der Waals surface area contributed by atoms with Crippen LogP contribution in [0.5, 0.6) is 5.75 Å². The monoisotopic (exact) mass is 498 g/mol. The van der Waals surface area contributed by atoms with Crippen LogP contribution in [0.15, 0.2) is 78.4 Å². The van der Waals surface area contributed by atoms with Crippen LogP contribution in [0.2, 0.25) is 0 Å². The van der Waals surface area contributed by atoms with Gasteiger partial charge in [0, 0.05) is 18.7 Å². The number of rotatable bonds is 9. The van der Waals surface area contributed by atoms with Gasteiger partial charge >= 0.3 is 0 Å². The quantitative estimate of drug-likeness (QED) is 0.252. The van der Waals surface area contributed by atoms with Crippen LogP contribution in [0, 0.1) is 6.92 Å². The Morgan fingerprint density at radius 1 is 0.973 bits per heavy atom. The van der Waals surface area contributed by atoms with Crippen LogP contribution in [0.3, 0.4) is 0 Å². The molecule has 0 unspecified atom stereocenters. The molecule has 3 aromatic rings. The van der Waals surface area contributed by atoms with Gasteiger partial charge in [0.15, 0.2) is 0 Å². The Kier molecular flexibility index (Phi) is 8.09. The summed E-state index contributed by atoms with van der Waals surface area (Å²) in [5, 5.41) is 11.4. The van der Waals surface area contributed by atoms with Crippen molar-refractivity contribution in [2.24, 2.45) is 0 Å². The molecule has 1 saturated heterocycles. The Morgan fingerprint density at radius 3 is 2.30 bits per heavy atom. The fourth-order valence-corrected chi connectivity index (χ4v) is 4.55. The van der Waals surface area contributed by atoms with Crippen molar-refractivity contribution in [1.29, 1.82) is 0 Å². The first-order valence-electron chi connectivity index (χ1n) is 12.6. The van der Waals surface area contributed by atoms with E-state index in [0.717, 1.165) is 28.7 Å². The average molecular weight is 499 g/mol. The lowest BCUT2D eigenvalue weighted by molar-refractivity contribution is -0.140. The van der Waals surface area contributed by atoms with Crippen molar-refractivity contribution in [3.63, 3.8) is 0 Å². The highest BCUT2D eigenvalue weighted by molar-refractivity contribution is 6.46. The standard InChI is InChI=1S/C31H34N2O4/c1-5-22-11-13-24(14-12-22)28-27(30(35)31(36)33(28)18-17-32(3)4)29(34)25-15-16-26(21(2)19-25)37-20-23-9-7-6-8-10-23/h6-16,19,28,34H,5,17-18,20H2,1-4H3/t28-/m0/s1. The maximum absolute atomic E-state index is 13.2. The lowest BCUT2D eigenvalue weighted by atomic mass is 9.94. The van der Waals surface area contributed by atoms with Gasteiger partial charge in [0.2, 0.25) is 0 Å². The van der Waals surface area contributed by atoms with Gasteiger partial charge in [-0.05, 0) is 67.9 Å². The highest BCUT2D eigenvalue weighted by Gasteiger charge is 2.45. The van der Waals surface area contributed by atoms with Crippen LogP contribution in [0.1, 0.15) is 40.8 Å². The van der Waals surface area contributed by atoms with E-state index in [1.54, 1.807) is 23.1 Å². The molecule has 1 aliphatic heterocycles. The summed E-state index contributed by atoms with van der Waals surface area (Å²) in [6.45, 7) is 5.38. The Morgan fingerprint density at radius 2 is 1.68 bits per heavy atom. The lowest BCUT2D eigenvalue weighted by Gasteiger charge is -2.26. The molecule has 6 nitrogen and oxygen atoms in total. The van der Waals surface area contributed by atoms with Gasteiger partial charge in [0.1, 0.15) is 18.1 Å². The van der Waals surface area contributed by atoms with E-state index in [0.29, 0.717) is 31.0 Å². The third-order valence-electron chi connectivity index (χ3n) is 6.72. The minimum Gasteiger partial charge on any atom is -0.507 e. The number of amides is 1. The van der Waals surface area contributed by atoms with Gasteiger partial charge in [-0.2, -0.15) is 0 Å². The van der Waals surface area contributed by atoms with Crippen LogP contribution in [0.25, 0.3) is 5.76 Å². The summed E-state index contributed by atoms with van der Waals surface area (Å²) >= 11 is 0. The molecule has 0 radical (unpaired) electrons. The molecular formula is C31H34N2O4. The first-order chi connectivity index (χ1) is 17.8. The molecule has 1 amide bonds. The maximum atomic E-state index is 13.2. The number of hydrogen-bond acceptors (Lipinski definition) is 5. The van der Waals surface area contributed by atoms with Crippen LogP contribution < -0.4 is 4.74 Å². The molecule has 0 bridgehead atoms. The SMILES string of the molecule is CCc1ccc([C@H]2C(=C(O)c3ccc(OCc4ccccc4)c(C)c3)C(=O)C(=O)N2CCN(C)C)cc1. The summed E-state index contributed by atoms with van der Waals surface area (Å²) < 4.78 is 5.97. The molecule has 0 saturated carbocycles. The number of carbonyl (C=O) groups excluding carboxylic acids is 2. The molecule has 192 valence electrons. The molecule has 0 aliphatic carbocycles. The van der Waals surface area contributed by atoms with Gasteiger partial charge < -0.3 is 19.6 Å². The lowest BCUT2D eigenvalue weighted by Crippen LogP contribution is -2.35. The molecule has 1 fully saturated rings. The number of aliphatic hydroxyl groups is 1. The number of aryl methyl sites for hydroxylation is 2. The van der Waals surface area contributed by atoms with Crippen molar-refractivity contribution in [2.45, 2.75) is 32.9 Å². The van der Waals surface area contributed by atoms with E-state index < -0.39 is 17.7 Å². The molecule has 37 heavy (non-hydrogen) atoms. The fraction of sp³-hybridized carbons (Fsp3) is 0.290. The third-order valence-corrected chi connectivity index (χ3v) is 6.72. The largest absolute Gasteiger partial charge is 0.507 e. The number of aliphatic hydroxyl groups excluding tert-OH is 1. The zero-order valence-corrected chi connectivity index (χ0v) is 21.9. The van der Waals surface area contributed by atoms with E-state index in [4.69, 9.17) is 4.74 Å². The fourth-order valence-electron chi connectivity index (χ4n) is 4.55. The summed E-state index contributed by atoms with van der Waals surface area (Å²) in [5.41, 5.74) is 4.44. The van der Waals surface area contributed by atoms with Gasteiger partial charge in [-0.25, -0.2) is 0 Å². The van der Waals surface area contributed by atoms with Gasteiger partial charge in [0.25, 0.3) is 11.7 Å². The van der Waals surface area contributed by atoms with Crippen molar-refractivity contribution in [3.8, 4) is 5.75 Å². The van der Waals surface area contributed by atoms with Crippen LogP contribution >= 0.6 is 0 Å². The molecule has 0 spiro atoms. The zero-order chi connectivity index (χ0) is 26.5. The second-order valence-corrected chi connectivity index (χ2v) is 9.65. The molecule has 1 atom stereocenters. The minimum atomic E-state index is -0.664. The number of ketones is 1.